The molecule has 4 nitrogen and oxygen atoms in total. The van der Waals surface area contributed by atoms with Gasteiger partial charge in [-0.3, -0.25) is 9.48 Å². The van der Waals surface area contributed by atoms with Crippen molar-refractivity contribution < 1.29 is 9.53 Å². The number of hydrogen-bond acceptors (Lipinski definition) is 3. The number of nitrogens with zero attached hydrogens (tertiary/aromatic N) is 2. The van der Waals surface area contributed by atoms with Crippen LogP contribution in [0.5, 0.6) is 0 Å². The van der Waals surface area contributed by atoms with Crippen molar-refractivity contribution in [3.63, 3.8) is 0 Å². The minimum atomic E-state index is -0.177. The van der Waals surface area contributed by atoms with E-state index < -0.39 is 0 Å². The molecule has 2 rings (SSSR count). The van der Waals surface area contributed by atoms with Crippen LogP contribution < -0.4 is 0 Å². The highest BCUT2D eigenvalue weighted by Gasteiger charge is 2.19. The molecular weight excluding hydrogens is 299 g/mol. The van der Waals surface area contributed by atoms with E-state index in [4.69, 9.17) is 27.9 Å². The molecule has 2 aromatic rings. The van der Waals surface area contributed by atoms with E-state index in [2.05, 4.69) is 5.10 Å². The average molecular weight is 313 g/mol. The predicted octanol–water partition coefficient (Wildman–Crippen LogP) is 3.38. The van der Waals surface area contributed by atoms with Crippen LogP contribution in [0, 0.1) is 6.92 Å². The van der Waals surface area contributed by atoms with Crippen molar-refractivity contribution in [2.45, 2.75) is 13.5 Å². The molecule has 0 aliphatic heterocycles. The van der Waals surface area contributed by atoms with E-state index in [1.54, 1.807) is 30.0 Å². The van der Waals surface area contributed by atoms with Gasteiger partial charge in [-0.2, -0.15) is 5.10 Å². The van der Waals surface area contributed by atoms with Gasteiger partial charge in [-0.1, -0.05) is 23.2 Å². The van der Waals surface area contributed by atoms with Crippen LogP contribution in [-0.4, -0.2) is 29.3 Å². The van der Waals surface area contributed by atoms with Crippen molar-refractivity contribution in [1.29, 1.82) is 0 Å². The second-order valence-corrected chi connectivity index (χ2v) is 5.16. The first kappa shape index (κ1) is 15.0. The lowest BCUT2D eigenvalue weighted by Gasteiger charge is -2.08. The van der Waals surface area contributed by atoms with Crippen molar-refractivity contribution in [2.75, 3.05) is 13.7 Å². The molecule has 1 heterocycles. The lowest BCUT2D eigenvalue weighted by molar-refractivity contribution is 0.102. The molecule has 0 amide bonds. The molecule has 0 fully saturated rings. The summed E-state index contributed by atoms with van der Waals surface area (Å²) in [6, 6.07) is 5.13. The summed E-state index contributed by atoms with van der Waals surface area (Å²) in [5, 5.41) is 5.06. The standard InChI is InChI=1S/C14H14Cl2N2O2/c1-9-7-10(3-4-11(9)15)14(19)13-12(16)8-17-18(13)5-6-20-2/h3-4,7-8H,5-6H2,1-2H3. The Morgan fingerprint density at radius 2 is 2.10 bits per heavy atom. The van der Waals surface area contributed by atoms with Crippen LogP contribution in [0.2, 0.25) is 10.0 Å². The van der Waals surface area contributed by atoms with Crippen molar-refractivity contribution >= 4 is 29.0 Å². The number of ketones is 1. The lowest BCUT2D eigenvalue weighted by atomic mass is 10.1. The van der Waals surface area contributed by atoms with Gasteiger partial charge in [-0.15, -0.1) is 0 Å². The van der Waals surface area contributed by atoms with E-state index in [1.165, 1.54) is 6.20 Å². The van der Waals surface area contributed by atoms with Crippen molar-refractivity contribution in [1.82, 2.24) is 9.78 Å². The summed E-state index contributed by atoms with van der Waals surface area (Å²) in [4.78, 5) is 12.5. The second-order valence-electron chi connectivity index (χ2n) is 4.35. The Hall–Kier alpha value is -1.36. The van der Waals surface area contributed by atoms with Gasteiger partial charge in [-0.05, 0) is 30.7 Å². The van der Waals surface area contributed by atoms with Crippen LogP contribution in [0.25, 0.3) is 0 Å². The smallest absolute Gasteiger partial charge is 0.212 e. The SMILES string of the molecule is COCCn1ncc(Cl)c1C(=O)c1ccc(Cl)c(C)c1. The molecule has 6 heteroatoms. The first-order chi connectivity index (χ1) is 9.54. The molecule has 106 valence electrons. The molecule has 0 atom stereocenters. The van der Waals surface area contributed by atoms with Gasteiger partial charge in [0.05, 0.1) is 24.4 Å². The van der Waals surface area contributed by atoms with Crippen LogP contribution in [0.3, 0.4) is 0 Å². The molecule has 20 heavy (non-hydrogen) atoms. The molecule has 0 N–H and O–H groups in total. The molecule has 0 radical (unpaired) electrons. The van der Waals surface area contributed by atoms with Crippen molar-refractivity contribution in [3.8, 4) is 0 Å². The average Bonchev–Trinajstić information content (AvgIpc) is 2.80. The van der Waals surface area contributed by atoms with Gasteiger partial charge in [-0.25, -0.2) is 0 Å². The van der Waals surface area contributed by atoms with E-state index in [9.17, 15) is 4.79 Å². The Kier molecular flexibility index (Phi) is 4.81. The lowest BCUT2D eigenvalue weighted by Crippen LogP contribution is -2.14. The summed E-state index contributed by atoms with van der Waals surface area (Å²) in [6.07, 6.45) is 1.47. The van der Waals surface area contributed by atoms with Gasteiger partial charge in [0.15, 0.2) is 0 Å². The molecule has 0 bridgehead atoms. The van der Waals surface area contributed by atoms with Gasteiger partial charge in [0.1, 0.15) is 5.69 Å². The maximum absolute atomic E-state index is 12.5. The number of rotatable bonds is 5. The molecule has 0 aliphatic carbocycles. The summed E-state index contributed by atoms with van der Waals surface area (Å²) in [5.41, 5.74) is 1.75. The summed E-state index contributed by atoms with van der Waals surface area (Å²) in [7, 11) is 1.59. The summed E-state index contributed by atoms with van der Waals surface area (Å²) >= 11 is 12.0. The minimum Gasteiger partial charge on any atom is -0.383 e. The highest BCUT2D eigenvalue weighted by Crippen LogP contribution is 2.22. The molecular formula is C14H14Cl2N2O2. The van der Waals surface area contributed by atoms with Crippen LogP contribution >= 0.6 is 23.2 Å². The van der Waals surface area contributed by atoms with Gasteiger partial charge < -0.3 is 4.74 Å². The van der Waals surface area contributed by atoms with Crippen LogP contribution in [-0.2, 0) is 11.3 Å². The fourth-order valence-corrected chi connectivity index (χ4v) is 2.20. The maximum Gasteiger partial charge on any atom is 0.212 e. The fraction of sp³-hybridized carbons (Fsp3) is 0.286. The Balaban J connectivity index is 2.37. The molecule has 1 aromatic carbocycles. The number of hydrogen-bond donors (Lipinski definition) is 0. The molecule has 0 aliphatic rings. The monoisotopic (exact) mass is 312 g/mol. The van der Waals surface area contributed by atoms with E-state index in [-0.39, 0.29) is 5.78 Å². The number of ether oxygens (including phenoxy) is 1. The van der Waals surface area contributed by atoms with E-state index >= 15 is 0 Å². The van der Waals surface area contributed by atoms with Crippen LogP contribution in [0.4, 0.5) is 0 Å². The Labute approximate surface area is 127 Å². The number of aryl methyl sites for hydroxylation is 1. The third kappa shape index (κ3) is 3.03. The maximum atomic E-state index is 12.5. The predicted molar refractivity (Wildman–Crippen MR) is 78.7 cm³/mol. The molecule has 0 spiro atoms. The molecule has 1 aromatic heterocycles. The first-order valence-electron chi connectivity index (χ1n) is 6.05. The topological polar surface area (TPSA) is 44.1 Å². The van der Waals surface area contributed by atoms with Crippen LogP contribution in [0.15, 0.2) is 24.4 Å². The second kappa shape index (κ2) is 6.39. The van der Waals surface area contributed by atoms with E-state index in [0.29, 0.717) is 34.5 Å². The molecule has 0 saturated heterocycles. The van der Waals surface area contributed by atoms with Gasteiger partial charge in [0.25, 0.3) is 0 Å². The Morgan fingerprint density at radius 1 is 1.35 bits per heavy atom. The number of halogens is 2. The number of methoxy groups -OCH3 is 1. The van der Waals surface area contributed by atoms with Gasteiger partial charge in [0, 0.05) is 17.7 Å². The fourth-order valence-electron chi connectivity index (χ4n) is 1.86. The zero-order chi connectivity index (χ0) is 14.7. The van der Waals surface area contributed by atoms with Crippen molar-refractivity contribution in [2.24, 2.45) is 0 Å². The third-order valence-electron chi connectivity index (χ3n) is 2.94. The Bertz CT molecular complexity index is 638. The minimum absolute atomic E-state index is 0.177. The number of aromatic nitrogens is 2. The highest BCUT2D eigenvalue weighted by molar-refractivity contribution is 6.34. The zero-order valence-electron chi connectivity index (χ0n) is 11.2. The molecule has 0 unspecified atom stereocenters. The van der Waals surface area contributed by atoms with Gasteiger partial charge >= 0.3 is 0 Å². The first-order valence-corrected chi connectivity index (χ1v) is 6.81. The summed E-state index contributed by atoms with van der Waals surface area (Å²) in [6.45, 7) is 2.78. The largest absolute Gasteiger partial charge is 0.383 e. The number of carbonyl (C=O) groups excluding carboxylic acids is 1. The zero-order valence-corrected chi connectivity index (χ0v) is 12.7. The number of carbonyl (C=O) groups is 1. The third-order valence-corrected chi connectivity index (χ3v) is 3.64. The van der Waals surface area contributed by atoms with E-state index in [0.717, 1.165) is 5.56 Å². The van der Waals surface area contributed by atoms with Crippen molar-refractivity contribution in [3.05, 3.63) is 51.3 Å². The Morgan fingerprint density at radius 3 is 2.75 bits per heavy atom. The van der Waals surface area contributed by atoms with E-state index in [1.807, 2.05) is 6.92 Å². The normalized spacial score (nSPS) is 10.8. The van der Waals surface area contributed by atoms with Crippen LogP contribution in [0.1, 0.15) is 21.6 Å². The summed E-state index contributed by atoms with van der Waals surface area (Å²) in [5.74, 6) is -0.177. The molecule has 0 saturated carbocycles. The summed E-state index contributed by atoms with van der Waals surface area (Å²) < 4.78 is 6.55. The van der Waals surface area contributed by atoms with Gasteiger partial charge in [0.2, 0.25) is 5.78 Å². The number of benzene rings is 1. The highest BCUT2D eigenvalue weighted by atomic mass is 35.5. The quantitative estimate of drug-likeness (QED) is 0.795.